The summed E-state index contributed by atoms with van der Waals surface area (Å²) in [5.74, 6) is 1.91. The van der Waals surface area contributed by atoms with Crippen molar-refractivity contribution in [3.05, 3.63) is 91.1 Å². The molecule has 6 rings (SSSR count). The molecule has 5 aromatic carbocycles. The van der Waals surface area contributed by atoms with E-state index in [1.807, 2.05) is 25.2 Å². The smallest absolute Gasteiger partial charge is 0.220 e. The normalized spacial score (nSPS) is 11.3. The molecule has 5 nitrogen and oxygen atoms in total. The van der Waals surface area contributed by atoms with Gasteiger partial charge in [-0.05, 0) is 51.9 Å². The number of benzene rings is 5. The minimum absolute atomic E-state index is 0.108. The Hall–Kier alpha value is -4.77. The number of methoxy groups -OCH3 is 3. The van der Waals surface area contributed by atoms with Gasteiger partial charge < -0.3 is 19.3 Å². The Kier molecular flexibility index (Phi) is 5.76. The van der Waals surface area contributed by atoms with Crippen LogP contribution in [0.15, 0.2) is 91.1 Å². The molecule has 0 spiro atoms. The quantitative estimate of drug-likeness (QED) is 0.203. The molecule has 0 bridgehead atoms. The van der Waals surface area contributed by atoms with Crippen LogP contribution in [0.4, 0.5) is 0 Å². The minimum atomic E-state index is 0.108. The number of aryl methyl sites for hydroxylation is 1. The Morgan fingerprint density at radius 1 is 0.632 bits per heavy atom. The van der Waals surface area contributed by atoms with Crippen LogP contribution < -0.4 is 18.8 Å². The first-order valence-electron chi connectivity index (χ1n) is 12.4. The van der Waals surface area contributed by atoms with Crippen molar-refractivity contribution < 1.29 is 23.9 Å². The second kappa shape index (κ2) is 9.27. The Morgan fingerprint density at radius 2 is 1.32 bits per heavy atom. The van der Waals surface area contributed by atoms with E-state index in [4.69, 9.17) is 14.2 Å². The van der Waals surface area contributed by atoms with E-state index in [1.54, 1.807) is 27.4 Å². The van der Waals surface area contributed by atoms with E-state index >= 15 is 0 Å². The van der Waals surface area contributed by atoms with Crippen LogP contribution in [0.2, 0.25) is 0 Å². The number of fused-ring (bicyclic) bond motifs is 5. The third-order valence-corrected chi connectivity index (χ3v) is 7.25. The summed E-state index contributed by atoms with van der Waals surface area (Å²) in [5.41, 5.74) is 5.45. The summed E-state index contributed by atoms with van der Waals surface area (Å²) in [6.45, 7) is 0. The molecule has 0 unspecified atom stereocenters. The van der Waals surface area contributed by atoms with Crippen LogP contribution in [0.25, 0.3) is 54.7 Å². The van der Waals surface area contributed by atoms with Gasteiger partial charge in [-0.15, -0.1) is 0 Å². The fourth-order valence-corrected chi connectivity index (χ4v) is 5.46. The monoisotopic (exact) mass is 502 g/mol. The van der Waals surface area contributed by atoms with Crippen molar-refractivity contribution in [2.75, 3.05) is 21.3 Å². The van der Waals surface area contributed by atoms with Gasteiger partial charge in [-0.3, -0.25) is 0 Å². The molecule has 0 fully saturated rings. The number of aromatic hydroxyl groups is 1. The Morgan fingerprint density at radius 3 is 2.00 bits per heavy atom. The zero-order valence-corrected chi connectivity index (χ0v) is 21.8. The topological polar surface area (TPSA) is 51.8 Å². The molecule has 38 heavy (non-hydrogen) atoms. The maximum absolute atomic E-state index is 10.6. The summed E-state index contributed by atoms with van der Waals surface area (Å²) in [5, 5.41) is 15.6. The molecule has 0 saturated carbocycles. The second-order valence-electron chi connectivity index (χ2n) is 9.34. The fourth-order valence-electron chi connectivity index (χ4n) is 5.46. The van der Waals surface area contributed by atoms with Gasteiger partial charge in [-0.1, -0.05) is 60.7 Å². The number of ether oxygens (including phenoxy) is 3. The molecule has 0 saturated heterocycles. The van der Waals surface area contributed by atoms with Gasteiger partial charge in [-0.2, -0.15) is 4.57 Å². The highest BCUT2D eigenvalue weighted by Crippen LogP contribution is 2.45. The number of pyridine rings is 1. The van der Waals surface area contributed by atoms with Crippen LogP contribution in [0.1, 0.15) is 0 Å². The van der Waals surface area contributed by atoms with E-state index in [0.29, 0.717) is 17.2 Å². The summed E-state index contributed by atoms with van der Waals surface area (Å²) in [6.07, 6.45) is 2.07. The Balaban J connectivity index is 1.69. The van der Waals surface area contributed by atoms with Gasteiger partial charge in [0.05, 0.1) is 37.5 Å². The van der Waals surface area contributed by atoms with Crippen LogP contribution >= 0.6 is 0 Å². The van der Waals surface area contributed by atoms with Crippen LogP contribution in [0.5, 0.6) is 23.0 Å². The van der Waals surface area contributed by atoms with E-state index in [-0.39, 0.29) is 5.75 Å². The van der Waals surface area contributed by atoms with Crippen molar-refractivity contribution in [2.45, 2.75) is 0 Å². The summed E-state index contributed by atoms with van der Waals surface area (Å²) in [7, 11) is 6.90. The lowest BCUT2D eigenvalue weighted by molar-refractivity contribution is -0.642. The lowest BCUT2D eigenvalue weighted by Gasteiger charge is -2.17. The summed E-state index contributed by atoms with van der Waals surface area (Å²) in [6, 6.07) is 28.9. The van der Waals surface area contributed by atoms with E-state index in [9.17, 15) is 5.11 Å². The third kappa shape index (κ3) is 3.67. The number of nitrogens with zero attached hydrogens (tertiary/aromatic N) is 1. The molecule has 6 aromatic rings. The predicted octanol–water partition coefficient (Wildman–Crippen LogP) is 7.04. The number of phenols is 1. The number of hydrogen-bond acceptors (Lipinski definition) is 4. The first-order valence-corrected chi connectivity index (χ1v) is 12.4. The van der Waals surface area contributed by atoms with Crippen molar-refractivity contribution in [3.8, 4) is 45.3 Å². The van der Waals surface area contributed by atoms with Crippen molar-refractivity contribution >= 4 is 32.4 Å². The molecule has 0 aliphatic heterocycles. The van der Waals surface area contributed by atoms with Gasteiger partial charge in [0.15, 0.2) is 29.2 Å². The summed E-state index contributed by atoms with van der Waals surface area (Å²) in [4.78, 5) is 0. The number of phenolic OH excluding ortho intramolecular Hbond substituents is 1. The van der Waals surface area contributed by atoms with Crippen LogP contribution in [-0.4, -0.2) is 26.4 Å². The van der Waals surface area contributed by atoms with Gasteiger partial charge in [0.2, 0.25) is 5.52 Å². The molecule has 0 radical (unpaired) electrons. The zero-order valence-electron chi connectivity index (χ0n) is 21.8. The molecular formula is C33H28NO4+. The SMILES string of the molecule is COc1cc2ccc3c4c(-c5ccc(-c6ccccc6)cc5)cc(OC)c(OC)c4c[n+](C)c3c2cc1O. The van der Waals surface area contributed by atoms with E-state index in [1.165, 1.54) is 5.56 Å². The number of hydrogen-bond donors (Lipinski definition) is 1. The number of rotatable bonds is 5. The highest BCUT2D eigenvalue weighted by Gasteiger charge is 2.23. The van der Waals surface area contributed by atoms with Crippen molar-refractivity contribution in [3.63, 3.8) is 0 Å². The maximum atomic E-state index is 10.6. The van der Waals surface area contributed by atoms with Gasteiger partial charge in [0.25, 0.3) is 0 Å². The molecule has 5 heteroatoms. The lowest BCUT2D eigenvalue weighted by Crippen LogP contribution is -2.28. The highest BCUT2D eigenvalue weighted by molar-refractivity contribution is 6.19. The Bertz CT molecular complexity index is 1830. The zero-order chi connectivity index (χ0) is 26.4. The van der Waals surface area contributed by atoms with Crippen molar-refractivity contribution in [1.82, 2.24) is 0 Å². The first kappa shape index (κ1) is 23.6. The molecular weight excluding hydrogens is 474 g/mol. The van der Waals surface area contributed by atoms with Gasteiger partial charge in [-0.25, -0.2) is 0 Å². The molecule has 1 heterocycles. The summed E-state index contributed by atoms with van der Waals surface area (Å²) >= 11 is 0. The van der Waals surface area contributed by atoms with Crippen LogP contribution in [0.3, 0.4) is 0 Å². The minimum Gasteiger partial charge on any atom is -0.504 e. The predicted molar refractivity (Wildman–Crippen MR) is 152 cm³/mol. The molecule has 1 aromatic heterocycles. The average molecular weight is 503 g/mol. The van der Waals surface area contributed by atoms with Gasteiger partial charge in [0.1, 0.15) is 7.05 Å². The summed E-state index contributed by atoms with van der Waals surface area (Å²) < 4.78 is 19.1. The van der Waals surface area contributed by atoms with Crippen molar-refractivity contribution in [1.29, 1.82) is 0 Å². The van der Waals surface area contributed by atoms with Gasteiger partial charge >= 0.3 is 0 Å². The van der Waals surface area contributed by atoms with E-state index in [0.717, 1.165) is 49.1 Å². The second-order valence-corrected chi connectivity index (χ2v) is 9.34. The largest absolute Gasteiger partial charge is 0.504 e. The average Bonchev–Trinajstić information content (AvgIpc) is 2.96. The van der Waals surface area contributed by atoms with E-state index < -0.39 is 0 Å². The molecule has 0 atom stereocenters. The van der Waals surface area contributed by atoms with Crippen LogP contribution in [-0.2, 0) is 7.05 Å². The lowest BCUT2D eigenvalue weighted by atomic mass is 9.92. The van der Waals surface area contributed by atoms with Gasteiger partial charge in [0, 0.05) is 5.39 Å². The highest BCUT2D eigenvalue weighted by atomic mass is 16.5. The molecule has 188 valence electrons. The molecule has 0 amide bonds. The maximum Gasteiger partial charge on any atom is 0.220 e. The van der Waals surface area contributed by atoms with Crippen LogP contribution in [0, 0.1) is 0 Å². The van der Waals surface area contributed by atoms with Crippen molar-refractivity contribution in [2.24, 2.45) is 7.05 Å². The van der Waals surface area contributed by atoms with E-state index in [2.05, 4.69) is 71.4 Å². The molecule has 0 aliphatic carbocycles. The molecule has 0 aliphatic rings. The fraction of sp³-hybridized carbons (Fsp3) is 0.121. The third-order valence-electron chi connectivity index (χ3n) is 7.25. The number of aromatic nitrogens is 1. The Labute approximate surface area is 221 Å². The standard InChI is InChI=1S/C33H27NO4/c1-34-19-27-31(24-15-14-23-16-29(36-2)28(35)17-26(23)32(24)34)25(18-30(37-3)33(27)38-4)22-12-10-21(11-13-22)20-8-6-5-7-9-20/h5-19H,1-4H3/p+1. The first-order chi connectivity index (χ1) is 18.5. The molecule has 1 N–H and O–H groups in total.